The van der Waals surface area contributed by atoms with E-state index in [0.717, 1.165) is 5.75 Å². The zero-order valence-corrected chi connectivity index (χ0v) is 11.3. The van der Waals surface area contributed by atoms with E-state index in [2.05, 4.69) is 16.6 Å². The van der Waals surface area contributed by atoms with Crippen molar-refractivity contribution in [1.82, 2.24) is 4.90 Å². The van der Waals surface area contributed by atoms with E-state index in [0.29, 0.717) is 11.8 Å². The van der Waals surface area contributed by atoms with Crippen LogP contribution in [0.5, 0.6) is 0 Å². The molecule has 6 heteroatoms. The lowest BCUT2D eigenvalue weighted by Crippen LogP contribution is -2.35. The summed E-state index contributed by atoms with van der Waals surface area (Å²) in [4.78, 5) is 15.0. The molecule has 2 heterocycles. The van der Waals surface area contributed by atoms with Gasteiger partial charge in [-0.25, -0.2) is 5.53 Å². The molecule has 1 aliphatic heterocycles. The number of carbonyl (C=O) groups is 1. The van der Waals surface area contributed by atoms with Gasteiger partial charge in [-0.1, -0.05) is 13.0 Å². The molecule has 1 fully saturated rings. The molecule has 1 amide bonds. The highest BCUT2D eigenvalue weighted by Gasteiger charge is 2.29. The van der Waals surface area contributed by atoms with Gasteiger partial charge in [0.1, 0.15) is 6.67 Å². The van der Waals surface area contributed by atoms with E-state index in [9.17, 15) is 4.79 Å². The van der Waals surface area contributed by atoms with Crippen molar-refractivity contribution in [2.75, 3.05) is 19.0 Å². The quantitative estimate of drug-likeness (QED) is 0.858. The van der Waals surface area contributed by atoms with Crippen LogP contribution in [-0.4, -0.2) is 29.8 Å². The number of hydrogen-bond acceptors (Lipinski definition) is 5. The molecule has 0 spiro atoms. The van der Waals surface area contributed by atoms with Crippen molar-refractivity contribution >= 4 is 29.0 Å². The van der Waals surface area contributed by atoms with Gasteiger partial charge in [-0.3, -0.25) is 4.79 Å². The summed E-state index contributed by atoms with van der Waals surface area (Å²) >= 11 is 3.55. The number of rotatable bonds is 3. The maximum absolute atomic E-state index is 12.0. The van der Waals surface area contributed by atoms with Crippen molar-refractivity contribution in [2.24, 2.45) is 11.0 Å². The lowest BCUT2D eigenvalue weighted by atomic mass is 10.2. The maximum atomic E-state index is 12.0. The predicted octanol–water partition coefficient (Wildman–Crippen LogP) is 2.99. The first-order valence-electron chi connectivity index (χ1n) is 5.49. The fourth-order valence-electron chi connectivity index (χ4n) is 1.85. The van der Waals surface area contributed by atoms with Crippen molar-refractivity contribution in [1.29, 1.82) is 5.53 Å². The Morgan fingerprint density at radius 2 is 2.47 bits per heavy atom. The van der Waals surface area contributed by atoms with Crippen molar-refractivity contribution < 1.29 is 4.79 Å². The zero-order chi connectivity index (χ0) is 12.3. The highest BCUT2D eigenvalue weighted by Crippen LogP contribution is 2.36. The predicted molar refractivity (Wildman–Crippen MR) is 70.4 cm³/mol. The molecule has 0 saturated carbocycles. The number of carbonyl (C=O) groups excluding carboxylic acids is 1. The number of thiophene rings is 1. The van der Waals surface area contributed by atoms with Crippen molar-refractivity contribution in [3.05, 3.63) is 22.4 Å². The van der Waals surface area contributed by atoms with Gasteiger partial charge >= 0.3 is 0 Å². The SMILES string of the molecule is CC1CSC(c2cccs2)CN(CN=N)C1=O. The molecular weight excluding hydrogens is 254 g/mol. The molecular formula is C11H15N3OS2. The van der Waals surface area contributed by atoms with Gasteiger partial charge in [0, 0.05) is 23.1 Å². The third-order valence-corrected chi connectivity index (χ3v) is 5.40. The van der Waals surface area contributed by atoms with E-state index in [1.54, 1.807) is 16.2 Å². The van der Waals surface area contributed by atoms with Crippen molar-refractivity contribution in [3.63, 3.8) is 0 Å². The summed E-state index contributed by atoms with van der Waals surface area (Å²) in [5.41, 5.74) is 6.93. The molecule has 1 N–H and O–H groups in total. The minimum atomic E-state index is 0.0201. The molecule has 1 saturated heterocycles. The van der Waals surface area contributed by atoms with Gasteiger partial charge in [-0.05, 0) is 11.4 Å². The second-order valence-electron chi connectivity index (χ2n) is 4.10. The Labute approximate surface area is 109 Å². The molecule has 0 bridgehead atoms. The van der Waals surface area contributed by atoms with Gasteiger partial charge in [0.2, 0.25) is 5.91 Å². The molecule has 0 radical (unpaired) electrons. The first-order valence-corrected chi connectivity index (χ1v) is 7.42. The third kappa shape index (κ3) is 2.87. The fraction of sp³-hybridized carbons (Fsp3) is 0.545. The summed E-state index contributed by atoms with van der Waals surface area (Å²) in [5.74, 6) is 0.981. The van der Waals surface area contributed by atoms with Crippen molar-refractivity contribution in [2.45, 2.75) is 12.2 Å². The summed E-state index contributed by atoms with van der Waals surface area (Å²) < 4.78 is 0. The molecule has 0 aliphatic carbocycles. The lowest BCUT2D eigenvalue weighted by molar-refractivity contribution is -0.134. The van der Waals surface area contributed by atoms with Crippen LogP contribution in [0.1, 0.15) is 17.1 Å². The van der Waals surface area contributed by atoms with E-state index < -0.39 is 0 Å². The van der Waals surface area contributed by atoms with E-state index >= 15 is 0 Å². The molecule has 4 nitrogen and oxygen atoms in total. The number of nitrogens with zero attached hydrogens (tertiary/aromatic N) is 2. The van der Waals surface area contributed by atoms with Crippen LogP contribution in [0.3, 0.4) is 0 Å². The first kappa shape index (κ1) is 12.6. The van der Waals surface area contributed by atoms with Crippen LogP contribution >= 0.6 is 23.1 Å². The topological polar surface area (TPSA) is 56.5 Å². The maximum Gasteiger partial charge on any atom is 0.227 e. The smallest absolute Gasteiger partial charge is 0.227 e. The molecule has 92 valence electrons. The second-order valence-corrected chi connectivity index (χ2v) is 6.31. The highest BCUT2D eigenvalue weighted by atomic mass is 32.2. The van der Waals surface area contributed by atoms with Crippen LogP contribution in [0.15, 0.2) is 22.6 Å². The van der Waals surface area contributed by atoms with E-state index in [-0.39, 0.29) is 18.5 Å². The molecule has 2 unspecified atom stereocenters. The van der Waals surface area contributed by atoms with Gasteiger partial charge in [-0.2, -0.15) is 16.9 Å². The summed E-state index contributed by atoms with van der Waals surface area (Å²) in [6, 6.07) is 4.15. The van der Waals surface area contributed by atoms with Crippen LogP contribution in [-0.2, 0) is 4.79 Å². The highest BCUT2D eigenvalue weighted by molar-refractivity contribution is 7.99. The zero-order valence-electron chi connectivity index (χ0n) is 9.63. The molecule has 1 aromatic heterocycles. The number of nitrogens with one attached hydrogen (secondary N) is 1. The number of thioether (sulfide) groups is 1. The Kier molecular flexibility index (Phi) is 4.17. The van der Waals surface area contributed by atoms with Crippen LogP contribution in [0.25, 0.3) is 0 Å². The lowest BCUT2D eigenvalue weighted by Gasteiger charge is -2.22. The van der Waals surface area contributed by atoms with E-state index in [1.807, 2.05) is 24.8 Å². The van der Waals surface area contributed by atoms with Gasteiger partial charge in [0.15, 0.2) is 0 Å². The van der Waals surface area contributed by atoms with E-state index in [4.69, 9.17) is 5.53 Å². The summed E-state index contributed by atoms with van der Waals surface area (Å²) in [6.07, 6.45) is 0. The average Bonchev–Trinajstić information content (AvgIpc) is 2.81. The van der Waals surface area contributed by atoms with E-state index in [1.165, 1.54) is 4.88 Å². The Hall–Kier alpha value is -0.880. The monoisotopic (exact) mass is 269 g/mol. The van der Waals surface area contributed by atoms with Crippen molar-refractivity contribution in [3.8, 4) is 0 Å². The van der Waals surface area contributed by atoms with Crippen LogP contribution in [0, 0.1) is 11.4 Å². The molecule has 2 rings (SSSR count). The summed E-state index contributed by atoms with van der Waals surface area (Å²) in [7, 11) is 0. The molecule has 17 heavy (non-hydrogen) atoms. The fourth-order valence-corrected chi connectivity index (χ4v) is 4.11. The number of amides is 1. The molecule has 0 aromatic carbocycles. The summed E-state index contributed by atoms with van der Waals surface area (Å²) in [5, 5.41) is 5.74. The Balaban J connectivity index is 2.15. The minimum Gasteiger partial charge on any atom is -0.320 e. The second kappa shape index (κ2) is 5.64. The normalized spacial score (nSPS) is 25.7. The van der Waals surface area contributed by atoms with Crippen LogP contribution in [0.4, 0.5) is 0 Å². The Morgan fingerprint density at radius 3 is 3.12 bits per heavy atom. The first-order chi connectivity index (χ1) is 8.22. The largest absolute Gasteiger partial charge is 0.320 e. The van der Waals surface area contributed by atoms with Gasteiger partial charge < -0.3 is 4.90 Å². The Bertz CT molecular complexity index is 393. The summed E-state index contributed by atoms with van der Waals surface area (Å²) in [6.45, 7) is 2.80. The van der Waals surface area contributed by atoms with Gasteiger partial charge in [0.25, 0.3) is 0 Å². The third-order valence-electron chi connectivity index (χ3n) is 2.77. The minimum absolute atomic E-state index is 0.0201. The van der Waals surface area contributed by atoms with Gasteiger partial charge in [-0.15, -0.1) is 11.3 Å². The average molecular weight is 269 g/mol. The molecule has 2 atom stereocenters. The molecule has 1 aliphatic rings. The standard InChI is InChI=1S/C11H15N3OS2/c1-8-6-17-10(9-3-2-4-16-9)5-14(7-13-12)11(8)15/h2-4,8,10,12H,5-7H2,1H3. The van der Waals surface area contributed by atoms with Crippen LogP contribution in [0.2, 0.25) is 0 Å². The Morgan fingerprint density at radius 1 is 1.65 bits per heavy atom. The number of hydrogen-bond donors (Lipinski definition) is 1. The van der Waals surface area contributed by atoms with Gasteiger partial charge in [0.05, 0.1) is 5.25 Å². The molecule has 1 aromatic rings. The van der Waals surface area contributed by atoms with Crippen LogP contribution < -0.4 is 0 Å².